The zero-order valence-corrected chi connectivity index (χ0v) is 17.9. The molecule has 162 valence electrons. The molecule has 0 radical (unpaired) electrons. The van der Waals surface area contributed by atoms with Gasteiger partial charge in [0.15, 0.2) is 5.78 Å². The number of nitrogens with one attached hydrogen (secondary N) is 1. The number of hydrogen-bond donors (Lipinski definition) is 1. The third-order valence-corrected chi connectivity index (χ3v) is 6.70. The minimum atomic E-state index is -0.721. The summed E-state index contributed by atoms with van der Waals surface area (Å²) in [5.41, 5.74) is 1.45. The van der Waals surface area contributed by atoms with Gasteiger partial charge in [0.25, 0.3) is 5.91 Å². The Morgan fingerprint density at radius 1 is 1.13 bits per heavy atom. The number of Topliss-reactive ketones (excluding diaryl/α,β-unsaturated/α-hetero) is 1. The van der Waals surface area contributed by atoms with Crippen LogP contribution in [-0.4, -0.2) is 65.2 Å². The van der Waals surface area contributed by atoms with Gasteiger partial charge in [-0.05, 0) is 56.1 Å². The molecule has 1 N–H and O–H groups in total. The van der Waals surface area contributed by atoms with Crippen molar-refractivity contribution in [3.05, 3.63) is 29.3 Å². The molecule has 1 aromatic rings. The Morgan fingerprint density at radius 3 is 2.67 bits per heavy atom. The number of piperidine rings is 1. The fraction of sp³-hybridized carbons (Fsp3) is 0.609. The molecular weight excluding hydrogens is 382 g/mol. The standard InChI is InChI=1S/C23H31N3O4/c1-3-25(4-2)19-7-5-6-8-21(19)30-17-9-10-18-15(11-17)14-26(23(18)29)20-12-16(27)13-24-22(20)28/h9-11,19-21H,3-8,12-14H2,1-2H3,(H,24,28). The number of hydrogen-bond acceptors (Lipinski definition) is 5. The summed E-state index contributed by atoms with van der Waals surface area (Å²) in [5.74, 6) is 0.283. The molecule has 3 unspecified atom stereocenters. The van der Waals surface area contributed by atoms with Gasteiger partial charge in [0, 0.05) is 24.6 Å². The summed E-state index contributed by atoms with van der Waals surface area (Å²) in [7, 11) is 0. The van der Waals surface area contributed by atoms with Crippen molar-refractivity contribution in [1.29, 1.82) is 0 Å². The van der Waals surface area contributed by atoms with E-state index in [1.807, 2.05) is 12.1 Å². The van der Waals surface area contributed by atoms with Crippen LogP contribution in [0.5, 0.6) is 5.75 Å². The third-order valence-electron chi connectivity index (χ3n) is 6.70. The molecule has 1 saturated heterocycles. The van der Waals surface area contributed by atoms with Crippen LogP contribution < -0.4 is 10.1 Å². The molecular formula is C23H31N3O4. The molecule has 2 aliphatic heterocycles. The highest BCUT2D eigenvalue weighted by Gasteiger charge is 2.39. The molecule has 1 saturated carbocycles. The summed E-state index contributed by atoms with van der Waals surface area (Å²) in [4.78, 5) is 40.9. The van der Waals surface area contributed by atoms with E-state index in [1.165, 1.54) is 17.7 Å². The molecule has 3 atom stereocenters. The number of fused-ring (bicyclic) bond motifs is 1. The lowest BCUT2D eigenvalue weighted by molar-refractivity contribution is -0.134. The average Bonchev–Trinajstić information content (AvgIpc) is 3.07. The lowest BCUT2D eigenvalue weighted by Crippen LogP contribution is -2.53. The molecule has 0 spiro atoms. The molecule has 0 bridgehead atoms. The van der Waals surface area contributed by atoms with Gasteiger partial charge in [-0.25, -0.2) is 0 Å². The van der Waals surface area contributed by atoms with Crippen LogP contribution in [0.25, 0.3) is 0 Å². The first-order valence-corrected chi connectivity index (χ1v) is 11.2. The summed E-state index contributed by atoms with van der Waals surface area (Å²) < 4.78 is 6.43. The van der Waals surface area contributed by atoms with E-state index in [9.17, 15) is 14.4 Å². The maximum atomic E-state index is 12.9. The Hall–Kier alpha value is -2.41. The van der Waals surface area contributed by atoms with Crippen LogP contribution in [0.1, 0.15) is 61.9 Å². The number of ketones is 1. The van der Waals surface area contributed by atoms with Gasteiger partial charge in [0.1, 0.15) is 17.9 Å². The number of carbonyl (C=O) groups is 3. The zero-order chi connectivity index (χ0) is 21.3. The van der Waals surface area contributed by atoms with E-state index in [-0.39, 0.29) is 36.7 Å². The van der Waals surface area contributed by atoms with Crippen LogP contribution in [0.4, 0.5) is 0 Å². The average molecular weight is 414 g/mol. The highest BCUT2D eigenvalue weighted by atomic mass is 16.5. The van der Waals surface area contributed by atoms with Crippen LogP contribution in [0.3, 0.4) is 0 Å². The van der Waals surface area contributed by atoms with Gasteiger partial charge in [-0.1, -0.05) is 20.3 Å². The van der Waals surface area contributed by atoms with Gasteiger partial charge in [-0.3, -0.25) is 19.3 Å². The molecule has 7 nitrogen and oxygen atoms in total. The lowest BCUT2D eigenvalue weighted by Gasteiger charge is -2.39. The number of carbonyl (C=O) groups excluding carboxylic acids is 3. The Bertz CT molecular complexity index is 836. The number of benzene rings is 1. The molecule has 1 aliphatic carbocycles. The summed E-state index contributed by atoms with van der Waals surface area (Å²) in [6, 6.07) is 5.28. The summed E-state index contributed by atoms with van der Waals surface area (Å²) in [6.07, 6.45) is 4.82. The highest BCUT2D eigenvalue weighted by Crippen LogP contribution is 2.32. The van der Waals surface area contributed by atoms with Crippen molar-refractivity contribution >= 4 is 17.6 Å². The quantitative estimate of drug-likeness (QED) is 0.773. The van der Waals surface area contributed by atoms with E-state index in [0.717, 1.165) is 37.2 Å². The SMILES string of the molecule is CCN(CC)C1CCCCC1Oc1ccc2c(c1)CN(C1CC(=O)CNC1=O)C2=O. The van der Waals surface area contributed by atoms with Crippen molar-refractivity contribution in [3.8, 4) is 5.75 Å². The Labute approximate surface area is 177 Å². The highest BCUT2D eigenvalue weighted by molar-refractivity contribution is 6.04. The number of ether oxygens (including phenoxy) is 1. The van der Waals surface area contributed by atoms with Gasteiger partial charge < -0.3 is 15.0 Å². The number of likely N-dealkylation sites (N-methyl/N-ethyl adjacent to an activating group) is 1. The van der Waals surface area contributed by atoms with Crippen molar-refractivity contribution in [2.24, 2.45) is 0 Å². The summed E-state index contributed by atoms with van der Waals surface area (Å²) in [5, 5.41) is 2.59. The second-order valence-corrected chi connectivity index (χ2v) is 8.46. The second-order valence-electron chi connectivity index (χ2n) is 8.46. The first-order chi connectivity index (χ1) is 14.5. The first-order valence-electron chi connectivity index (χ1n) is 11.2. The van der Waals surface area contributed by atoms with Crippen LogP contribution in [0.2, 0.25) is 0 Å². The Morgan fingerprint density at radius 2 is 1.90 bits per heavy atom. The number of rotatable bonds is 6. The lowest BCUT2D eigenvalue weighted by atomic mass is 9.91. The van der Waals surface area contributed by atoms with Crippen molar-refractivity contribution in [1.82, 2.24) is 15.1 Å². The van der Waals surface area contributed by atoms with Gasteiger partial charge in [-0.15, -0.1) is 0 Å². The van der Waals surface area contributed by atoms with Crippen molar-refractivity contribution in [2.45, 2.75) is 70.7 Å². The molecule has 2 heterocycles. The van der Waals surface area contributed by atoms with E-state index < -0.39 is 6.04 Å². The smallest absolute Gasteiger partial charge is 0.255 e. The summed E-state index contributed by atoms with van der Waals surface area (Å²) in [6.45, 7) is 6.79. The normalized spacial score (nSPS) is 26.7. The maximum Gasteiger partial charge on any atom is 0.255 e. The van der Waals surface area contributed by atoms with Crippen LogP contribution in [0, 0.1) is 0 Å². The molecule has 2 amide bonds. The molecule has 3 aliphatic rings. The van der Waals surface area contributed by atoms with Crippen LogP contribution >= 0.6 is 0 Å². The van der Waals surface area contributed by atoms with Gasteiger partial charge >= 0.3 is 0 Å². The predicted molar refractivity (Wildman–Crippen MR) is 112 cm³/mol. The number of nitrogens with zero attached hydrogens (tertiary/aromatic N) is 2. The van der Waals surface area contributed by atoms with E-state index in [4.69, 9.17) is 4.74 Å². The molecule has 2 fully saturated rings. The fourth-order valence-electron chi connectivity index (χ4n) is 5.08. The van der Waals surface area contributed by atoms with E-state index in [2.05, 4.69) is 24.1 Å². The molecule has 7 heteroatoms. The molecule has 1 aromatic carbocycles. The topological polar surface area (TPSA) is 79.0 Å². The monoisotopic (exact) mass is 413 g/mol. The maximum absolute atomic E-state index is 12.9. The molecule has 30 heavy (non-hydrogen) atoms. The van der Waals surface area contributed by atoms with E-state index in [1.54, 1.807) is 6.07 Å². The third kappa shape index (κ3) is 3.95. The Balaban J connectivity index is 1.50. The van der Waals surface area contributed by atoms with Crippen molar-refractivity contribution < 1.29 is 19.1 Å². The van der Waals surface area contributed by atoms with Crippen molar-refractivity contribution in [2.75, 3.05) is 19.6 Å². The number of amides is 2. The molecule has 4 rings (SSSR count). The van der Waals surface area contributed by atoms with Gasteiger partial charge in [0.2, 0.25) is 5.91 Å². The van der Waals surface area contributed by atoms with Crippen LogP contribution in [0.15, 0.2) is 18.2 Å². The minimum Gasteiger partial charge on any atom is -0.489 e. The van der Waals surface area contributed by atoms with Crippen LogP contribution in [-0.2, 0) is 16.1 Å². The van der Waals surface area contributed by atoms with Gasteiger partial charge in [0.05, 0.1) is 6.54 Å². The zero-order valence-electron chi connectivity index (χ0n) is 17.9. The van der Waals surface area contributed by atoms with Crippen molar-refractivity contribution in [3.63, 3.8) is 0 Å². The first kappa shape index (κ1) is 20.8. The largest absolute Gasteiger partial charge is 0.489 e. The summed E-state index contributed by atoms with van der Waals surface area (Å²) >= 11 is 0. The molecule has 0 aromatic heterocycles. The Kier molecular flexibility index (Phi) is 6.09. The fourth-order valence-corrected chi connectivity index (χ4v) is 5.08. The van der Waals surface area contributed by atoms with Gasteiger partial charge in [-0.2, -0.15) is 0 Å². The minimum absolute atomic E-state index is 0.0490. The van der Waals surface area contributed by atoms with E-state index in [0.29, 0.717) is 18.2 Å². The van der Waals surface area contributed by atoms with E-state index >= 15 is 0 Å². The predicted octanol–water partition coefficient (Wildman–Crippen LogP) is 2.13. The second kappa shape index (κ2) is 8.76.